The van der Waals surface area contributed by atoms with Crippen LogP contribution < -0.4 is 5.32 Å². The fraction of sp³-hybridized carbons (Fsp3) is 0.211. The van der Waals surface area contributed by atoms with Crippen LogP contribution in [0.1, 0.15) is 33.3 Å². The summed E-state index contributed by atoms with van der Waals surface area (Å²) in [6, 6.07) is 15.6. The molecule has 0 radical (unpaired) electrons. The van der Waals surface area contributed by atoms with Gasteiger partial charge in [0.2, 0.25) is 5.89 Å². The molecule has 0 aliphatic carbocycles. The minimum Gasteiger partial charge on any atom is -0.417 e. The molecule has 128 valence electrons. The van der Waals surface area contributed by atoms with Crippen LogP contribution >= 0.6 is 11.6 Å². The summed E-state index contributed by atoms with van der Waals surface area (Å²) in [7, 11) is 0. The zero-order valence-electron chi connectivity index (χ0n) is 13.8. The van der Waals surface area contributed by atoms with Gasteiger partial charge in [0.25, 0.3) is 0 Å². The molecular formula is C19H18ClN3O2. The van der Waals surface area contributed by atoms with E-state index < -0.39 is 0 Å². The van der Waals surface area contributed by atoms with Gasteiger partial charge in [-0.1, -0.05) is 53.6 Å². The lowest BCUT2D eigenvalue weighted by atomic mass is 10.1. The number of nitrogens with one attached hydrogen (secondary N) is 1. The Labute approximate surface area is 151 Å². The molecule has 3 aromatic rings. The number of nitrogens with zero attached hydrogens (tertiary/aromatic N) is 2. The normalized spacial score (nSPS) is 10.6. The minimum atomic E-state index is -0.364. The first kappa shape index (κ1) is 17.2. The molecule has 1 N–H and O–H groups in total. The molecule has 0 aliphatic rings. The van der Waals surface area contributed by atoms with Gasteiger partial charge in [0, 0.05) is 11.6 Å². The molecule has 0 unspecified atom stereocenters. The molecule has 0 spiro atoms. The Morgan fingerprint density at radius 3 is 2.68 bits per heavy atom. The van der Waals surface area contributed by atoms with Crippen LogP contribution in [0.4, 0.5) is 0 Å². The monoisotopic (exact) mass is 355 g/mol. The van der Waals surface area contributed by atoms with E-state index in [0.717, 1.165) is 17.5 Å². The first-order valence-corrected chi connectivity index (χ1v) is 8.38. The van der Waals surface area contributed by atoms with Crippen molar-refractivity contribution in [2.24, 2.45) is 0 Å². The number of aromatic nitrogens is 2. The third-order valence-electron chi connectivity index (χ3n) is 3.73. The van der Waals surface area contributed by atoms with Gasteiger partial charge < -0.3 is 9.73 Å². The Morgan fingerprint density at radius 2 is 1.92 bits per heavy atom. The molecule has 25 heavy (non-hydrogen) atoms. The molecule has 0 atom stereocenters. The number of carbonyl (C=O) groups excluding carboxylic acids is 1. The van der Waals surface area contributed by atoms with Crippen molar-refractivity contribution >= 4 is 17.5 Å². The van der Waals surface area contributed by atoms with E-state index in [9.17, 15) is 4.79 Å². The SMILES string of the molecule is Cc1ccc(CCNC(=O)c2nnc(Cc3cccc(Cl)c3)o2)cc1. The molecule has 0 saturated heterocycles. The topological polar surface area (TPSA) is 68.0 Å². The number of amides is 1. The fourth-order valence-electron chi connectivity index (χ4n) is 2.39. The second-order valence-electron chi connectivity index (χ2n) is 5.80. The van der Waals surface area contributed by atoms with Crippen LogP contribution in [0.15, 0.2) is 52.9 Å². The van der Waals surface area contributed by atoms with E-state index >= 15 is 0 Å². The Bertz CT molecular complexity index is 859. The van der Waals surface area contributed by atoms with Crippen molar-refractivity contribution in [1.82, 2.24) is 15.5 Å². The van der Waals surface area contributed by atoms with E-state index in [1.807, 2.05) is 25.1 Å². The summed E-state index contributed by atoms with van der Waals surface area (Å²) in [6.45, 7) is 2.55. The third-order valence-corrected chi connectivity index (χ3v) is 3.96. The highest BCUT2D eigenvalue weighted by Crippen LogP contribution is 2.14. The summed E-state index contributed by atoms with van der Waals surface area (Å²) >= 11 is 5.95. The van der Waals surface area contributed by atoms with Crippen LogP contribution in [0.5, 0.6) is 0 Å². The largest absolute Gasteiger partial charge is 0.417 e. The molecule has 1 amide bonds. The molecule has 0 saturated carbocycles. The highest BCUT2D eigenvalue weighted by molar-refractivity contribution is 6.30. The molecule has 1 heterocycles. The Morgan fingerprint density at radius 1 is 1.12 bits per heavy atom. The molecule has 0 fully saturated rings. The molecule has 5 nitrogen and oxygen atoms in total. The maximum absolute atomic E-state index is 12.1. The number of halogens is 1. The van der Waals surface area contributed by atoms with Crippen LogP contribution in [0, 0.1) is 6.92 Å². The first-order valence-electron chi connectivity index (χ1n) is 8.01. The van der Waals surface area contributed by atoms with E-state index in [1.165, 1.54) is 5.56 Å². The maximum Gasteiger partial charge on any atom is 0.308 e. The van der Waals surface area contributed by atoms with Gasteiger partial charge >= 0.3 is 11.8 Å². The van der Waals surface area contributed by atoms with Crippen molar-refractivity contribution in [3.05, 3.63) is 82.0 Å². The number of hydrogen-bond acceptors (Lipinski definition) is 4. The molecule has 1 aromatic heterocycles. The average molecular weight is 356 g/mol. The number of rotatable bonds is 6. The van der Waals surface area contributed by atoms with Crippen molar-refractivity contribution in [3.63, 3.8) is 0 Å². The van der Waals surface area contributed by atoms with Gasteiger partial charge in [-0.3, -0.25) is 4.79 Å². The van der Waals surface area contributed by atoms with Crippen molar-refractivity contribution in [2.45, 2.75) is 19.8 Å². The van der Waals surface area contributed by atoms with Gasteiger partial charge in [-0.15, -0.1) is 10.2 Å². The van der Waals surface area contributed by atoms with Gasteiger partial charge in [-0.2, -0.15) is 0 Å². The lowest BCUT2D eigenvalue weighted by Gasteiger charge is -2.03. The van der Waals surface area contributed by atoms with E-state index in [1.54, 1.807) is 6.07 Å². The van der Waals surface area contributed by atoms with Crippen LogP contribution in [0.2, 0.25) is 5.02 Å². The van der Waals surface area contributed by atoms with Gasteiger partial charge in [0.1, 0.15) is 0 Å². The lowest BCUT2D eigenvalue weighted by Crippen LogP contribution is -2.26. The summed E-state index contributed by atoms with van der Waals surface area (Å²) in [5, 5.41) is 11.2. The Balaban J connectivity index is 1.52. The van der Waals surface area contributed by atoms with Crippen LogP contribution in [-0.4, -0.2) is 22.6 Å². The molecular weight excluding hydrogens is 338 g/mol. The van der Waals surface area contributed by atoms with E-state index in [0.29, 0.717) is 23.9 Å². The van der Waals surface area contributed by atoms with Crippen molar-refractivity contribution < 1.29 is 9.21 Å². The van der Waals surface area contributed by atoms with E-state index in [4.69, 9.17) is 16.0 Å². The fourth-order valence-corrected chi connectivity index (χ4v) is 2.60. The smallest absolute Gasteiger partial charge is 0.308 e. The third kappa shape index (κ3) is 4.90. The van der Waals surface area contributed by atoms with Crippen LogP contribution in [-0.2, 0) is 12.8 Å². The Kier molecular flexibility index (Phi) is 5.46. The van der Waals surface area contributed by atoms with Gasteiger partial charge in [0.15, 0.2) is 0 Å². The number of aryl methyl sites for hydroxylation is 1. The molecule has 2 aromatic carbocycles. The summed E-state index contributed by atoms with van der Waals surface area (Å²) in [5.41, 5.74) is 3.33. The first-order chi connectivity index (χ1) is 12.1. The number of carbonyl (C=O) groups is 1. The summed E-state index contributed by atoms with van der Waals surface area (Å²) in [4.78, 5) is 12.1. The number of benzene rings is 2. The zero-order valence-corrected chi connectivity index (χ0v) is 14.6. The standard InChI is InChI=1S/C19H18ClN3O2/c1-13-5-7-14(8-6-13)9-10-21-18(24)19-23-22-17(25-19)12-15-3-2-4-16(20)11-15/h2-8,11H,9-10,12H2,1H3,(H,21,24). The molecule has 3 rings (SSSR count). The Hall–Kier alpha value is -2.66. The number of hydrogen-bond donors (Lipinski definition) is 1. The van der Waals surface area contributed by atoms with E-state index in [2.05, 4.69) is 39.8 Å². The van der Waals surface area contributed by atoms with Crippen molar-refractivity contribution in [2.75, 3.05) is 6.54 Å². The second kappa shape index (κ2) is 7.94. The van der Waals surface area contributed by atoms with Gasteiger partial charge in [-0.25, -0.2) is 0 Å². The lowest BCUT2D eigenvalue weighted by molar-refractivity contribution is 0.0918. The van der Waals surface area contributed by atoms with Crippen molar-refractivity contribution in [1.29, 1.82) is 0 Å². The second-order valence-corrected chi connectivity index (χ2v) is 6.24. The molecule has 0 bridgehead atoms. The quantitative estimate of drug-likeness (QED) is 0.733. The van der Waals surface area contributed by atoms with Crippen LogP contribution in [0.25, 0.3) is 0 Å². The predicted octanol–water partition coefficient (Wildman–Crippen LogP) is 3.59. The average Bonchev–Trinajstić information content (AvgIpc) is 3.05. The summed E-state index contributed by atoms with van der Waals surface area (Å²) < 4.78 is 5.43. The molecule has 0 aliphatic heterocycles. The van der Waals surface area contributed by atoms with E-state index in [-0.39, 0.29) is 11.8 Å². The summed E-state index contributed by atoms with van der Waals surface area (Å²) in [5.74, 6) is -0.0103. The zero-order chi connectivity index (χ0) is 17.6. The molecule has 6 heteroatoms. The minimum absolute atomic E-state index is 0.0269. The highest BCUT2D eigenvalue weighted by atomic mass is 35.5. The predicted molar refractivity (Wildman–Crippen MR) is 95.8 cm³/mol. The maximum atomic E-state index is 12.1. The van der Waals surface area contributed by atoms with Crippen LogP contribution in [0.3, 0.4) is 0 Å². The van der Waals surface area contributed by atoms with Gasteiger partial charge in [-0.05, 0) is 36.6 Å². The summed E-state index contributed by atoms with van der Waals surface area (Å²) in [6.07, 6.45) is 1.18. The highest BCUT2D eigenvalue weighted by Gasteiger charge is 2.14. The van der Waals surface area contributed by atoms with Gasteiger partial charge in [0.05, 0.1) is 6.42 Å². The van der Waals surface area contributed by atoms with Crippen molar-refractivity contribution in [3.8, 4) is 0 Å².